The van der Waals surface area contributed by atoms with Gasteiger partial charge in [-0.3, -0.25) is 13.9 Å². The number of methoxy groups -OCH3 is 2. The van der Waals surface area contributed by atoms with E-state index in [1.807, 2.05) is 52.0 Å². The molecule has 0 fully saturated rings. The summed E-state index contributed by atoms with van der Waals surface area (Å²) in [7, 11) is -1.02. The summed E-state index contributed by atoms with van der Waals surface area (Å²) in [6.07, 6.45) is 2.13. The summed E-state index contributed by atoms with van der Waals surface area (Å²) < 4.78 is 37.4. The second kappa shape index (κ2) is 13.3. The Balaban J connectivity index is 2.53. The zero-order valence-electron chi connectivity index (χ0n) is 22.8. The van der Waals surface area contributed by atoms with Crippen molar-refractivity contribution in [3.05, 3.63) is 53.6 Å². The van der Waals surface area contributed by atoms with Crippen molar-refractivity contribution >= 4 is 27.5 Å². The molecule has 9 nitrogen and oxygen atoms in total. The van der Waals surface area contributed by atoms with Gasteiger partial charge in [0.1, 0.15) is 24.1 Å². The fourth-order valence-corrected chi connectivity index (χ4v) is 4.80. The average molecular weight is 534 g/mol. The van der Waals surface area contributed by atoms with Gasteiger partial charge >= 0.3 is 0 Å². The molecule has 0 heterocycles. The van der Waals surface area contributed by atoms with Crippen LogP contribution in [0.5, 0.6) is 11.5 Å². The normalized spacial score (nSPS) is 12.8. The molecule has 1 N–H and O–H groups in total. The lowest BCUT2D eigenvalue weighted by molar-refractivity contribution is -0.140. The Kier molecular flexibility index (Phi) is 10.8. The van der Waals surface area contributed by atoms with E-state index in [2.05, 4.69) is 5.32 Å². The number of rotatable bonds is 13. The van der Waals surface area contributed by atoms with Crippen LogP contribution in [0.3, 0.4) is 0 Å². The van der Waals surface area contributed by atoms with E-state index in [0.717, 1.165) is 28.1 Å². The predicted molar refractivity (Wildman–Crippen MR) is 145 cm³/mol. The molecule has 10 heteroatoms. The van der Waals surface area contributed by atoms with Crippen LogP contribution in [0.15, 0.2) is 42.5 Å². The molecule has 204 valence electrons. The maximum absolute atomic E-state index is 13.8. The number of benzene rings is 2. The highest BCUT2D eigenvalue weighted by Crippen LogP contribution is 2.34. The van der Waals surface area contributed by atoms with Crippen molar-refractivity contribution in [3.63, 3.8) is 0 Å². The lowest BCUT2D eigenvalue weighted by Gasteiger charge is -2.33. The van der Waals surface area contributed by atoms with E-state index in [0.29, 0.717) is 12.2 Å². The maximum Gasteiger partial charge on any atom is 0.244 e. The number of anilines is 1. The van der Waals surface area contributed by atoms with Gasteiger partial charge in [0, 0.05) is 18.7 Å². The maximum atomic E-state index is 13.8. The smallest absolute Gasteiger partial charge is 0.244 e. The van der Waals surface area contributed by atoms with Crippen molar-refractivity contribution in [2.45, 2.75) is 59.2 Å². The van der Waals surface area contributed by atoms with Crippen LogP contribution < -0.4 is 19.1 Å². The molecule has 2 aromatic carbocycles. The molecule has 0 aromatic heterocycles. The highest BCUT2D eigenvalue weighted by Gasteiger charge is 2.33. The standard InChI is InChI=1S/C27H39N3O6S/c1-8-20(4)28-27(32)23(9-2)29(17-21-12-10-11-19(3)15-21)26(31)18-30(37(7,33)34)24-16-22(35-5)13-14-25(24)36-6/h10-16,20,23H,8-9,17-18H2,1-7H3,(H,28,32)/t20-,23-/m0/s1. The highest BCUT2D eigenvalue weighted by molar-refractivity contribution is 7.92. The molecule has 0 bridgehead atoms. The van der Waals surface area contributed by atoms with Crippen molar-refractivity contribution in [3.8, 4) is 11.5 Å². The topological polar surface area (TPSA) is 105 Å². The summed E-state index contributed by atoms with van der Waals surface area (Å²) in [5.74, 6) is -0.107. The van der Waals surface area contributed by atoms with E-state index in [4.69, 9.17) is 9.47 Å². The lowest BCUT2D eigenvalue weighted by Crippen LogP contribution is -2.53. The number of amides is 2. The Hall–Kier alpha value is -3.27. The molecule has 0 radical (unpaired) electrons. The molecule has 0 aliphatic carbocycles. The second-order valence-corrected chi connectivity index (χ2v) is 11.0. The van der Waals surface area contributed by atoms with Gasteiger partial charge in [-0.05, 0) is 44.4 Å². The van der Waals surface area contributed by atoms with E-state index >= 15 is 0 Å². The van der Waals surface area contributed by atoms with Gasteiger partial charge < -0.3 is 19.7 Å². The van der Waals surface area contributed by atoms with Gasteiger partial charge in [0.25, 0.3) is 0 Å². The average Bonchev–Trinajstić information content (AvgIpc) is 2.85. The lowest BCUT2D eigenvalue weighted by atomic mass is 10.1. The van der Waals surface area contributed by atoms with E-state index in [9.17, 15) is 18.0 Å². The third-order valence-electron chi connectivity index (χ3n) is 6.16. The Labute approximate surface area is 220 Å². The number of hydrogen-bond acceptors (Lipinski definition) is 6. The predicted octanol–water partition coefficient (Wildman–Crippen LogP) is 3.50. The van der Waals surface area contributed by atoms with Gasteiger partial charge in [-0.2, -0.15) is 0 Å². The first-order valence-corrected chi connectivity index (χ1v) is 14.1. The molecule has 0 aliphatic heterocycles. The third kappa shape index (κ3) is 8.11. The van der Waals surface area contributed by atoms with E-state index in [-0.39, 0.29) is 29.9 Å². The van der Waals surface area contributed by atoms with Crippen LogP contribution in [-0.4, -0.2) is 64.2 Å². The third-order valence-corrected chi connectivity index (χ3v) is 7.28. The molecule has 0 saturated carbocycles. The van der Waals surface area contributed by atoms with Crippen LogP contribution in [0, 0.1) is 6.92 Å². The summed E-state index contributed by atoms with van der Waals surface area (Å²) in [5, 5.41) is 2.96. The van der Waals surface area contributed by atoms with Crippen molar-refractivity contribution in [1.82, 2.24) is 10.2 Å². The van der Waals surface area contributed by atoms with Crippen LogP contribution in [-0.2, 0) is 26.2 Å². The van der Waals surface area contributed by atoms with Crippen LogP contribution in [0.4, 0.5) is 5.69 Å². The first-order valence-electron chi connectivity index (χ1n) is 12.3. The van der Waals surface area contributed by atoms with Crippen LogP contribution in [0.25, 0.3) is 0 Å². The molecule has 2 rings (SSSR count). The monoisotopic (exact) mass is 533 g/mol. The number of hydrogen-bond donors (Lipinski definition) is 1. The fraction of sp³-hybridized carbons (Fsp3) is 0.481. The molecular formula is C27H39N3O6S. The number of nitrogens with zero attached hydrogens (tertiary/aromatic N) is 2. The largest absolute Gasteiger partial charge is 0.497 e. The summed E-state index contributed by atoms with van der Waals surface area (Å²) in [6, 6.07) is 11.5. The van der Waals surface area contributed by atoms with Gasteiger partial charge in [0.05, 0.1) is 26.2 Å². The highest BCUT2D eigenvalue weighted by atomic mass is 32.2. The number of sulfonamides is 1. The molecule has 0 aliphatic rings. The summed E-state index contributed by atoms with van der Waals surface area (Å²) in [6.45, 7) is 7.28. The van der Waals surface area contributed by atoms with Gasteiger partial charge in [0.15, 0.2) is 0 Å². The first-order chi connectivity index (χ1) is 17.4. The molecule has 0 spiro atoms. The molecular weight excluding hydrogens is 494 g/mol. The van der Waals surface area contributed by atoms with E-state index in [1.54, 1.807) is 12.1 Å². The number of nitrogens with one attached hydrogen (secondary N) is 1. The molecule has 2 atom stereocenters. The minimum Gasteiger partial charge on any atom is -0.497 e. The van der Waals surface area contributed by atoms with Gasteiger partial charge in [-0.1, -0.05) is 43.7 Å². The van der Waals surface area contributed by atoms with E-state index < -0.39 is 28.5 Å². The molecule has 2 amide bonds. The quantitative estimate of drug-likeness (QED) is 0.423. The fourth-order valence-electron chi connectivity index (χ4n) is 3.95. The Morgan fingerprint density at radius 2 is 1.73 bits per heavy atom. The van der Waals surface area contributed by atoms with Crippen molar-refractivity contribution in [2.24, 2.45) is 0 Å². The summed E-state index contributed by atoms with van der Waals surface area (Å²) in [4.78, 5) is 28.5. The zero-order valence-corrected chi connectivity index (χ0v) is 23.6. The molecule has 0 unspecified atom stereocenters. The molecule has 2 aromatic rings. The Morgan fingerprint density at radius 3 is 2.27 bits per heavy atom. The Morgan fingerprint density at radius 1 is 1.03 bits per heavy atom. The zero-order chi connectivity index (χ0) is 27.8. The van der Waals surface area contributed by atoms with Gasteiger partial charge in [-0.25, -0.2) is 8.42 Å². The van der Waals surface area contributed by atoms with Crippen LogP contribution in [0.2, 0.25) is 0 Å². The molecule has 0 saturated heterocycles. The number of carbonyl (C=O) groups excluding carboxylic acids is 2. The number of carbonyl (C=O) groups is 2. The van der Waals surface area contributed by atoms with Crippen LogP contribution >= 0.6 is 0 Å². The van der Waals surface area contributed by atoms with Crippen LogP contribution in [0.1, 0.15) is 44.7 Å². The minimum atomic E-state index is -3.91. The van der Waals surface area contributed by atoms with E-state index in [1.165, 1.54) is 25.2 Å². The first kappa shape index (κ1) is 30.0. The molecule has 37 heavy (non-hydrogen) atoms. The van der Waals surface area contributed by atoms with Gasteiger partial charge in [0.2, 0.25) is 21.8 Å². The Bertz CT molecular complexity index is 1180. The summed E-state index contributed by atoms with van der Waals surface area (Å²) in [5.41, 5.74) is 2.03. The number of aryl methyl sites for hydroxylation is 1. The van der Waals surface area contributed by atoms with Crippen molar-refractivity contribution < 1.29 is 27.5 Å². The minimum absolute atomic E-state index is 0.0639. The SMILES string of the molecule is CC[C@H](C)NC(=O)[C@H](CC)N(Cc1cccc(C)c1)C(=O)CN(c1cc(OC)ccc1OC)S(C)(=O)=O. The summed E-state index contributed by atoms with van der Waals surface area (Å²) >= 11 is 0. The van der Waals surface area contributed by atoms with Crippen molar-refractivity contribution in [1.29, 1.82) is 0 Å². The number of ether oxygens (including phenoxy) is 2. The van der Waals surface area contributed by atoms with Crippen molar-refractivity contribution in [2.75, 3.05) is 31.3 Å². The van der Waals surface area contributed by atoms with Gasteiger partial charge in [-0.15, -0.1) is 0 Å². The second-order valence-electron chi connectivity index (χ2n) is 9.06.